The molecule has 0 saturated carbocycles. The normalized spacial score (nSPS) is 10.6. The van der Waals surface area contributed by atoms with Gasteiger partial charge in [-0.1, -0.05) is 6.07 Å². The fourth-order valence-corrected chi connectivity index (χ4v) is 1.73. The molecular formula is C13H13FN2O2. The zero-order chi connectivity index (χ0) is 13.1. The Morgan fingerprint density at radius 1 is 1.44 bits per heavy atom. The van der Waals surface area contributed by atoms with Gasteiger partial charge in [0.05, 0.1) is 12.1 Å². The quantitative estimate of drug-likeness (QED) is 0.903. The van der Waals surface area contributed by atoms with Crippen molar-refractivity contribution in [3.05, 3.63) is 41.8 Å². The van der Waals surface area contributed by atoms with Gasteiger partial charge in [-0.05, 0) is 30.7 Å². The van der Waals surface area contributed by atoms with Gasteiger partial charge in [-0.2, -0.15) is 5.10 Å². The Balaban J connectivity index is 2.39. The molecule has 0 aliphatic carbocycles. The molecule has 2 aromatic rings. The smallest absolute Gasteiger partial charge is 0.307 e. The Hall–Kier alpha value is -2.17. The number of carbonyl (C=O) groups is 1. The average Bonchev–Trinajstić information content (AvgIpc) is 2.79. The van der Waals surface area contributed by atoms with E-state index in [0.717, 1.165) is 0 Å². The van der Waals surface area contributed by atoms with Crippen molar-refractivity contribution in [3.63, 3.8) is 0 Å². The van der Waals surface area contributed by atoms with Crippen LogP contribution in [0.2, 0.25) is 0 Å². The molecule has 1 aromatic heterocycles. The maximum Gasteiger partial charge on any atom is 0.307 e. The van der Waals surface area contributed by atoms with Crippen molar-refractivity contribution in [1.82, 2.24) is 9.78 Å². The molecule has 0 atom stereocenters. The number of aliphatic carboxylic acids is 1. The molecule has 0 fully saturated rings. The molecule has 1 heterocycles. The fourth-order valence-electron chi connectivity index (χ4n) is 1.73. The minimum atomic E-state index is -0.938. The van der Waals surface area contributed by atoms with Crippen molar-refractivity contribution in [2.24, 2.45) is 0 Å². The Labute approximate surface area is 104 Å². The molecule has 1 aromatic carbocycles. The summed E-state index contributed by atoms with van der Waals surface area (Å²) in [5.41, 5.74) is 1.41. The highest BCUT2D eigenvalue weighted by atomic mass is 19.1. The van der Waals surface area contributed by atoms with Gasteiger partial charge in [-0.15, -0.1) is 0 Å². The van der Waals surface area contributed by atoms with Crippen molar-refractivity contribution < 1.29 is 14.3 Å². The van der Waals surface area contributed by atoms with Gasteiger partial charge in [0.25, 0.3) is 0 Å². The molecular weight excluding hydrogens is 235 g/mol. The fraction of sp³-hybridized carbons (Fsp3) is 0.231. The third-order valence-electron chi connectivity index (χ3n) is 2.63. The molecule has 18 heavy (non-hydrogen) atoms. The first-order valence-electron chi connectivity index (χ1n) is 5.64. The summed E-state index contributed by atoms with van der Waals surface area (Å²) >= 11 is 0. The van der Waals surface area contributed by atoms with Crippen molar-refractivity contribution in [3.8, 4) is 11.3 Å². The summed E-state index contributed by atoms with van der Waals surface area (Å²) in [4.78, 5) is 10.6. The van der Waals surface area contributed by atoms with Gasteiger partial charge in [-0.25, -0.2) is 4.39 Å². The van der Waals surface area contributed by atoms with E-state index in [-0.39, 0.29) is 6.42 Å². The summed E-state index contributed by atoms with van der Waals surface area (Å²) in [6, 6.07) is 6.00. The first-order valence-corrected chi connectivity index (χ1v) is 5.64. The minimum absolute atomic E-state index is 0.123. The van der Waals surface area contributed by atoms with Gasteiger partial charge in [-0.3, -0.25) is 9.48 Å². The molecule has 0 aliphatic heterocycles. The first kappa shape index (κ1) is 12.3. The van der Waals surface area contributed by atoms with Crippen molar-refractivity contribution in [1.29, 1.82) is 0 Å². The van der Waals surface area contributed by atoms with Crippen LogP contribution < -0.4 is 0 Å². The lowest BCUT2D eigenvalue weighted by molar-refractivity contribution is -0.136. The van der Waals surface area contributed by atoms with E-state index < -0.39 is 11.8 Å². The Morgan fingerprint density at radius 2 is 2.22 bits per heavy atom. The average molecular weight is 248 g/mol. The summed E-state index contributed by atoms with van der Waals surface area (Å²) in [5.74, 6) is -1.34. The number of rotatable bonds is 4. The highest BCUT2D eigenvalue weighted by molar-refractivity contribution is 5.71. The van der Waals surface area contributed by atoms with Gasteiger partial charge in [0.15, 0.2) is 0 Å². The second-order valence-electron chi connectivity index (χ2n) is 3.94. The van der Waals surface area contributed by atoms with Crippen LogP contribution in [-0.4, -0.2) is 20.9 Å². The summed E-state index contributed by atoms with van der Waals surface area (Å²) in [6.07, 6.45) is 1.64. The zero-order valence-electron chi connectivity index (χ0n) is 9.93. The largest absolute Gasteiger partial charge is 0.481 e. The summed E-state index contributed by atoms with van der Waals surface area (Å²) < 4.78 is 15.4. The number of nitrogens with zero attached hydrogens (tertiary/aromatic N) is 2. The number of carboxylic acids is 1. The Kier molecular flexibility index (Phi) is 3.41. The van der Waals surface area contributed by atoms with Crippen LogP contribution in [0.25, 0.3) is 11.3 Å². The molecule has 0 aliphatic rings. The van der Waals surface area contributed by atoms with Crippen LogP contribution in [0.4, 0.5) is 4.39 Å². The lowest BCUT2D eigenvalue weighted by atomic mass is 10.1. The summed E-state index contributed by atoms with van der Waals surface area (Å²) in [7, 11) is 0. The maximum atomic E-state index is 13.7. The third-order valence-corrected chi connectivity index (χ3v) is 2.63. The molecule has 2 rings (SSSR count). The summed E-state index contributed by atoms with van der Waals surface area (Å²) in [6.45, 7) is 2.64. The van der Waals surface area contributed by atoms with Crippen LogP contribution in [0.5, 0.6) is 0 Å². The lowest BCUT2D eigenvalue weighted by Crippen LogP contribution is -2.01. The van der Waals surface area contributed by atoms with Crippen LogP contribution >= 0.6 is 0 Å². The highest BCUT2D eigenvalue weighted by Gasteiger charge is 2.10. The van der Waals surface area contributed by atoms with E-state index in [4.69, 9.17) is 5.11 Å². The van der Waals surface area contributed by atoms with Crippen molar-refractivity contribution in [2.75, 3.05) is 0 Å². The highest BCUT2D eigenvalue weighted by Crippen LogP contribution is 2.22. The zero-order valence-corrected chi connectivity index (χ0v) is 9.93. The second-order valence-corrected chi connectivity index (χ2v) is 3.94. The third kappa shape index (κ3) is 2.56. The van der Waals surface area contributed by atoms with E-state index in [0.29, 0.717) is 23.4 Å². The van der Waals surface area contributed by atoms with Gasteiger partial charge in [0.1, 0.15) is 5.82 Å². The van der Waals surface area contributed by atoms with E-state index in [2.05, 4.69) is 5.10 Å². The summed E-state index contributed by atoms with van der Waals surface area (Å²) in [5, 5.41) is 12.9. The number of carboxylic acid groups (broad SMARTS) is 1. The topological polar surface area (TPSA) is 55.1 Å². The van der Waals surface area contributed by atoms with E-state index >= 15 is 0 Å². The predicted octanol–water partition coefficient (Wildman–Crippen LogP) is 2.34. The lowest BCUT2D eigenvalue weighted by Gasteiger charge is -2.03. The first-order chi connectivity index (χ1) is 8.60. The molecule has 0 saturated heterocycles. The van der Waals surface area contributed by atoms with Crippen molar-refractivity contribution in [2.45, 2.75) is 19.9 Å². The van der Waals surface area contributed by atoms with E-state index in [1.54, 1.807) is 16.9 Å². The Bertz CT molecular complexity index is 578. The van der Waals surface area contributed by atoms with Crippen LogP contribution in [-0.2, 0) is 17.8 Å². The van der Waals surface area contributed by atoms with Gasteiger partial charge in [0, 0.05) is 18.3 Å². The Morgan fingerprint density at radius 3 is 2.83 bits per heavy atom. The molecule has 0 amide bonds. The molecule has 0 bridgehead atoms. The number of hydrogen-bond donors (Lipinski definition) is 1. The predicted molar refractivity (Wildman–Crippen MR) is 64.6 cm³/mol. The second kappa shape index (κ2) is 5.00. The SMILES string of the molecule is CCn1ccc(-c2cc(CC(=O)O)ccc2F)n1. The standard InChI is InChI=1S/C13H13FN2O2/c1-2-16-6-5-12(15-16)10-7-9(8-13(17)18)3-4-11(10)14/h3-7H,2,8H2,1H3,(H,17,18). The molecule has 94 valence electrons. The monoisotopic (exact) mass is 248 g/mol. The van der Waals surface area contributed by atoms with Crippen molar-refractivity contribution >= 4 is 5.97 Å². The van der Waals surface area contributed by atoms with E-state index in [9.17, 15) is 9.18 Å². The van der Waals surface area contributed by atoms with Crippen LogP contribution in [0.1, 0.15) is 12.5 Å². The van der Waals surface area contributed by atoms with Crippen LogP contribution in [0, 0.1) is 5.82 Å². The maximum absolute atomic E-state index is 13.7. The molecule has 1 N–H and O–H groups in total. The van der Waals surface area contributed by atoms with Gasteiger partial charge >= 0.3 is 5.97 Å². The molecule has 0 radical (unpaired) electrons. The molecule has 0 spiro atoms. The van der Waals surface area contributed by atoms with E-state index in [1.807, 2.05) is 6.92 Å². The molecule has 0 unspecified atom stereocenters. The molecule has 5 heteroatoms. The number of aromatic nitrogens is 2. The number of hydrogen-bond acceptors (Lipinski definition) is 2. The van der Waals surface area contributed by atoms with Gasteiger partial charge in [0.2, 0.25) is 0 Å². The number of benzene rings is 1. The van der Waals surface area contributed by atoms with Crippen LogP contribution in [0.3, 0.4) is 0 Å². The van der Waals surface area contributed by atoms with E-state index in [1.165, 1.54) is 18.2 Å². The minimum Gasteiger partial charge on any atom is -0.481 e. The van der Waals surface area contributed by atoms with Gasteiger partial charge < -0.3 is 5.11 Å². The molecule has 4 nitrogen and oxygen atoms in total. The number of halogens is 1. The van der Waals surface area contributed by atoms with Crippen LogP contribution in [0.15, 0.2) is 30.5 Å². The number of aryl methyl sites for hydroxylation is 1.